The van der Waals surface area contributed by atoms with Crippen molar-refractivity contribution in [3.63, 3.8) is 0 Å². The molecule has 2 heterocycles. The third-order valence-electron chi connectivity index (χ3n) is 4.77. The Kier molecular flexibility index (Phi) is 8.65. The number of nitrogens with zero attached hydrogens (tertiary/aromatic N) is 3. The largest absolute Gasteiger partial charge is 0.467 e. The summed E-state index contributed by atoms with van der Waals surface area (Å²) < 4.78 is 12.2. The highest BCUT2D eigenvalue weighted by atomic mass is 16.5. The van der Waals surface area contributed by atoms with Crippen LogP contribution in [-0.2, 0) is 20.9 Å². The maximum atomic E-state index is 12.6. The van der Waals surface area contributed by atoms with E-state index in [0.29, 0.717) is 31.1 Å². The molecule has 162 valence electrons. The molecule has 0 saturated carbocycles. The molecule has 0 aromatic carbocycles. The second kappa shape index (κ2) is 11.2. The predicted molar refractivity (Wildman–Crippen MR) is 112 cm³/mol. The molecule has 0 aliphatic heterocycles. The highest BCUT2D eigenvalue weighted by molar-refractivity contribution is 5.93. The van der Waals surface area contributed by atoms with E-state index in [2.05, 4.69) is 16.7 Å². The van der Waals surface area contributed by atoms with Crippen molar-refractivity contribution in [2.45, 2.75) is 26.8 Å². The number of anilines is 1. The van der Waals surface area contributed by atoms with Crippen molar-refractivity contribution in [3.8, 4) is 6.07 Å². The van der Waals surface area contributed by atoms with Gasteiger partial charge in [-0.3, -0.25) is 14.5 Å². The van der Waals surface area contributed by atoms with Crippen LogP contribution in [0.1, 0.15) is 29.0 Å². The molecule has 0 saturated heterocycles. The lowest BCUT2D eigenvalue weighted by Crippen LogP contribution is -2.39. The summed E-state index contributed by atoms with van der Waals surface area (Å²) in [5.41, 5.74) is 2.11. The molecular weight excluding hydrogens is 386 g/mol. The highest BCUT2D eigenvalue weighted by Gasteiger charge is 2.21. The van der Waals surface area contributed by atoms with Gasteiger partial charge in [-0.25, -0.2) is 0 Å². The van der Waals surface area contributed by atoms with Crippen LogP contribution in [0.25, 0.3) is 0 Å². The van der Waals surface area contributed by atoms with E-state index in [1.54, 1.807) is 31.4 Å². The summed E-state index contributed by atoms with van der Waals surface area (Å²) in [6, 6.07) is 5.81. The molecule has 9 heteroatoms. The SMILES string of the molecule is COCCCNC(=O)CN(C)CC(=O)Nc1c(C#N)c(C)c(C)n1Cc1ccco1. The smallest absolute Gasteiger partial charge is 0.239 e. The summed E-state index contributed by atoms with van der Waals surface area (Å²) in [5.74, 6) is 0.688. The molecule has 2 N–H and O–H groups in total. The Bertz CT molecular complexity index is 896. The molecule has 0 bridgehead atoms. The molecule has 2 aromatic rings. The minimum absolute atomic E-state index is 0.0143. The summed E-state index contributed by atoms with van der Waals surface area (Å²) in [4.78, 5) is 26.2. The summed E-state index contributed by atoms with van der Waals surface area (Å²) in [7, 11) is 3.30. The summed E-state index contributed by atoms with van der Waals surface area (Å²) in [6.45, 7) is 5.36. The van der Waals surface area contributed by atoms with Crippen LogP contribution in [0.4, 0.5) is 5.82 Å². The molecule has 2 aromatic heterocycles. The molecule has 30 heavy (non-hydrogen) atoms. The van der Waals surface area contributed by atoms with E-state index in [1.165, 1.54) is 0 Å². The molecule has 0 fully saturated rings. The Balaban J connectivity index is 2.01. The Hall–Kier alpha value is -3.09. The van der Waals surface area contributed by atoms with Crippen molar-refractivity contribution >= 4 is 17.6 Å². The van der Waals surface area contributed by atoms with E-state index in [9.17, 15) is 14.9 Å². The van der Waals surface area contributed by atoms with Gasteiger partial charge in [0.05, 0.1) is 31.5 Å². The number of carbonyl (C=O) groups excluding carboxylic acids is 2. The molecule has 2 amide bonds. The first-order chi connectivity index (χ1) is 14.4. The number of rotatable bonds is 11. The van der Waals surface area contributed by atoms with E-state index >= 15 is 0 Å². The summed E-state index contributed by atoms with van der Waals surface area (Å²) in [5, 5.41) is 15.2. The number of hydrogen-bond donors (Lipinski definition) is 2. The van der Waals surface area contributed by atoms with Crippen molar-refractivity contribution in [2.24, 2.45) is 0 Å². The van der Waals surface area contributed by atoms with Crippen LogP contribution in [0.2, 0.25) is 0 Å². The van der Waals surface area contributed by atoms with E-state index in [0.717, 1.165) is 23.4 Å². The average Bonchev–Trinajstić information content (AvgIpc) is 3.28. The van der Waals surface area contributed by atoms with Crippen LogP contribution in [-0.4, -0.2) is 61.7 Å². The van der Waals surface area contributed by atoms with Gasteiger partial charge in [0.15, 0.2) is 0 Å². The van der Waals surface area contributed by atoms with E-state index in [-0.39, 0.29) is 24.9 Å². The fraction of sp³-hybridized carbons (Fsp3) is 0.476. The standard InChI is InChI=1S/C21H29N5O4/c1-15-16(2)26(12-17-7-5-10-30-17)21(18(15)11-22)24-20(28)14-25(3)13-19(27)23-8-6-9-29-4/h5,7,10H,6,8-9,12-14H2,1-4H3,(H,23,27)(H,24,28). The fourth-order valence-corrected chi connectivity index (χ4v) is 3.10. The number of furan rings is 1. The van der Waals surface area contributed by atoms with Crippen molar-refractivity contribution in [3.05, 3.63) is 41.0 Å². The van der Waals surface area contributed by atoms with E-state index < -0.39 is 0 Å². The van der Waals surface area contributed by atoms with Gasteiger partial charge in [-0.15, -0.1) is 0 Å². The van der Waals surface area contributed by atoms with Gasteiger partial charge in [-0.05, 0) is 45.0 Å². The quantitative estimate of drug-likeness (QED) is 0.540. The van der Waals surface area contributed by atoms with Crippen LogP contribution < -0.4 is 10.6 Å². The van der Waals surface area contributed by atoms with Gasteiger partial charge in [0.25, 0.3) is 0 Å². The van der Waals surface area contributed by atoms with Gasteiger partial charge in [-0.1, -0.05) is 0 Å². The first-order valence-corrected chi connectivity index (χ1v) is 9.73. The topological polar surface area (TPSA) is 113 Å². The van der Waals surface area contributed by atoms with Gasteiger partial charge in [-0.2, -0.15) is 5.26 Å². The number of amides is 2. The van der Waals surface area contributed by atoms with Crippen molar-refractivity contribution in [2.75, 3.05) is 45.7 Å². The Morgan fingerprint density at radius 1 is 1.30 bits per heavy atom. The summed E-state index contributed by atoms with van der Waals surface area (Å²) in [6.07, 6.45) is 2.31. The average molecular weight is 415 g/mol. The van der Waals surface area contributed by atoms with Crippen LogP contribution in [0.15, 0.2) is 22.8 Å². The summed E-state index contributed by atoms with van der Waals surface area (Å²) >= 11 is 0. The van der Waals surface area contributed by atoms with Gasteiger partial charge < -0.3 is 24.4 Å². The third-order valence-corrected chi connectivity index (χ3v) is 4.77. The Morgan fingerprint density at radius 3 is 2.67 bits per heavy atom. The second-order valence-corrected chi connectivity index (χ2v) is 7.13. The lowest BCUT2D eigenvalue weighted by Gasteiger charge is -2.17. The van der Waals surface area contributed by atoms with Gasteiger partial charge >= 0.3 is 0 Å². The van der Waals surface area contributed by atoms with Crippen molar-refractivity contribution in [1.82, 2.24) is 14.8 Å². The first-order valence-electron chi connectivity index (χ1n) is 9.73. The minimum atomic E-state index is -0.306. The second-order valence-electron chi connectivity index (χ2n) is 7.13. The highest BCUT2D eigenvalue weighted by Crippen LogP contribution is 2.27. The predicted octanol–water partition coefficient (Wildman–Crippen LogP) is 1.64. The third kappa shape index (κ3) is 6.20. The molecule has 2 rings (SSSR count). The van der Waals surface area contributed by atoms with Gasteiger partial charge in [0.2, 0.25) is 11.8 Å². The number of carbonyl (C=O) groups is 2. The zero-order valence-corrected chi connectivity index (χ0v) is 17.9. The Labute approximate surface area is 176 Å². The zero-order valence-electron chi connectivity index (χ0n) is 17.9. The molecule has 0 unspecified atom stereocenters. The van der Waals surface area contributed by atoms with Crippen LogP contribution in [0, 0.1) is 25.2 Å². The van der Waals surface area contributed by atoms with E-state index in [4.69, 9.17) is 9.15 Å². The number of aromatic nitrogens is 1. The normalized spacial score (nSPS) is 10.8. The molecule has 9 nitrogen and oxygen atoms in total. The van der Waals surface area contributed by atoms with Crippen LogP contribution in [0.3, 0.4) is 0 Å². The number of hydrogen-bond acceptors (Lipinski definition) is 6. The maximum absolute atomic E-state index is 12.6. The van der Waals surface area contributed by atoms with Gasteiger partial charge in [0, 0.05) is 26.0 Å². The number of likely N-dealkylation sites (N-methyl/N-ethyl adjacent to an activating group) is 1. The van der Waals surface area contributed by atoms with Crippen LogP contribution >= 0.6 is 0 Å². The number of nitriles is 1. The van der Waals surface area contributed by atoms with E-state index in [1.807, 2.05) is 24.5 Å². The molecule has 0 spiro atoms. The van der Waals surface area contributed by atoms with Crippen molar-refractivity contribution in [1.29, 1.82) is 5.26 Å². The lowest BCUT2D eigenvalue weighted by molar-refractivity contribution is -0.123. The first kappa shape index (κ1) is 23.2. The molecule has 0 atom stereocenters. The van der Waals surface area contributed by atoms with Gasteiger partial charge in [0.1, 0.15) is 17.6 Å². The zero-order chi connectivity index (χ0) is 22.1. The monoisotopic (exact) mass is 415 g/mol. The molecule has 0 radical (unpaired) electrons. The Morgan fingerprint density at radius 2 is 2.03 bits per heavy atom. The number of methoxy groups -OCH3 is 1. The number of nitrogens with one attached hydrogen (secondary N) is 2. The fourth-order valence-electron chi connectivity index (χ4n) is 3.10. The number of ether oxygens (including phenoxy) is 1. The van der Waals surface area contributed by atoms with Crippen molar-refractivity contribution < 1.29 is 18.7 Å². The molecule has 0 aliphatic rings. The van der Waals surface area contributed by atoms with Crippen LogP contribution in [0.5, 0.6) is 0 Å². The molecule has 0 aliphatic carbocycles. The minimum Gasteiger partial charge on any atom is -0.467 e. The lowest BCUT2D eigenvalue weighted by atomic mass is 10.2. The molecular formula is C21H29N5O4. The maximum Gasteiger partial charge on any atom is 0.239 e.